The predicted octanol–water partition coefficient (Wildman–Crippen LogP) is 4.40. The maximum absolute atomic E-state index is 10.2. The molecule has 0 amide bonds. The van der Waals surface area contributed by atoms with Gasteiger partial charge in [-0.3, -0.25) is 0 Å². The molecule has 0 radical (unpaired) electrons. The molecule has 1 unspecified atom stereocenters. The van der Waals surface area contributed by atoms with E-state index in [-0.39, 0.29) is 0 Å². The molecule has 1 heterocycles. The van der Waals surface area contributed by atoms with Crippen molar-refractivity contribution in [2.75, 3.05) is 0 Å². The summed E-state index contributed by atoms with van der Waals surface area (Å²) in [5.41, 5.74) is 2.47. The molecular weight excluding hydrogens is 377 g/mol. The van der Waals surface area contributed by atoms with Crippen LogP contribution in [0, 0.1) is 0 Å². The molecule has 1 aromatic carbocycles. The first-order valence-electron chi connectivity index (χ1n) is 4.31. The molecule has 1 aromatic heterocycles. The molecule has 2 nitrogen and oxygen atoms in total. The van der Waals surface area contributed by atoms with E-state index in [2.05, 4.69) is 36.8 Å². The Bertz CT molecular complexity index is 517. The van der Waals surface area contributed by atoms with Gasteiger partial charge in [-0.1, -0.05) is 17.7 Å². The summed E-state index contributed by atoms with van der Waals surface area (Å²) in [6, 6.07) is 5.35. The standard InChI is InChI=1S/C10H6Br2ClNOS/c11-6-3-5(1-2-7(6)13)8(15)9-10(12)14-4-16-9/h1-4,8,15H. The van der Waals surface area contributed by atoms with Crippen molar-refractivity contribution < 1.29 is 5.11 Å². The highest BCUT2D eigenvalue weighted by Crippen LogP contribution is 2.33. The third-order valence-corrected chi connectivity index (χ3v) is 5.05. The second kappa shape index (κ2) is 5.14. The van der Waals surface area contributed by atoms with E-state index in [0.29, 0.717) is 9.63 Å². The van der Waals surface area contributed by atoms with E-state index in [1.54, 1.807) is 23.7 Å². The first-order chi connectivity index (χ1) is 7.59. The fourth-order valence-electron chi connectivity index (χ4n) is 1.25. The zero-order valence-electron chi connectivity index (χ0n) is 7.82. The van der Waals surface area contributed by atoms with E-state index in [1.807, 2.05) is 0 Å². The Hall–Kier alpha value is 0.0600. The van der Waals surface area contributed by atoms with Crippen LogP contribution in [0.5, 0.6) is 0 Å². The first kappa shape index (κ1) is 12.5. The summed E-state index contributed by atoms with van der Waals surface area (Å²) >= 11 is 13.9. The summed E-state index contributed by atoms with van der Waals surface area (Å²) in [6.45, 7) is 0. The van der Waals surface area contributed by atoms with Gasteiger partial charge < -0.3 is 5.11 Å². The summed E-state index contributed by atoms with van der Waals surface area (Å²) in [7, 11) is 0. The van der Waals surface area contributed by atoms with Crippen LogP contribution < -0.4 is 0 Å². The molecule has 2 rings (SSSR count). The number of aliphatic hydroxyl groups is 1. The molecule has 2 aromatic rings. The molecule has 0 saturated carbocycles. The Kier molecular flexibility index (Phi) is 4.02. The lowest BCUT2D eigenvalue weighted by Gasteiger charge is -2.10. The van der Waals surface area contributed by atoms with Gasteiger partial charge in [0.15, 0.2) is 0 Å². The molecule has 0 aliphatic heterocycles. The Balaban J connectivity index is 2.38. The molecular formula is C10H6Br2ClNOS. The van der Waals surface area contributed by atoms with Gasteiger partial charge in [0.25, 0.3) is 0 Å². The van der Waals surface area contributed by atoms with E-state index in [0.717, 1.165) is 14.9 Å². The minimum Gasteiger partial charge on any atom is -0.383 e. The summed E-state index contributed by atoms with van der Waals surface area (Å²) in [5.74, 6) is 0. The molecule has 0 aliphatic rings. The number of benzene rings is 1. The lowest BCUT2D eigenvalue weighted by molar-refractivity contribution is 0.223. The lowest BCUT2D eigenvalue weighted by atomic mass is 10.1. The van der Waals surface area contributed by atoms with Gasteiger partial charge in [-0.05, 0) is 49.6 Å². The largest absolute Gasteiger partial charge is 0.383 e. The maximum Gasteiger partial charge on any atom is 0.123 e. The topological polar surface area (TPSA) is 33.1 Å². The van der Waals surface area contributed by atoms with Crippen molar-refractivity contribution in [3.63, 3.8) is 0 Å². The Labute approximate surface area is 119 Å². The van der Waals surface area contributed by atoms with Crippen molar-refractivity contribution >= 4 is 54.8 Å². The van der Waals surface area contributed by atoms with Gasteiger partial charge in [0.2, 0.25) is 0 Å². The van der Waals surface area contributed by atoms with Crippen LogP contribution in [-0.4, -0.2) is 10.1 Å². The third kappa shape index (κ3) is 2.49. The Morgan fingerprint density at radius 3 is 2.69 bits per heavy atom. The van der Waals surface area contributed by atoms with Gasteiger partial charge in [-0.15, -0.1) is 11.3 Å². The molecule has 0 fully saturated rings. The number of aliphatic hydroxyl groups excluding tert-OH is 1. The van der Waals surface area contributed by atoms with Crippen LogP contribution in [0.3, 0.4) is 0 Å². The van der Waals surface area contributed by atoms with Gasteiger partial charge in [0, 0.05) is 4.47 Å². The first-order valence-corrected chi connectivity index (χ1v) is 7.16. The summed E-state index contributed by atoms with van der Waals surface area (Å²) < 4.78 is 1.45. The highest BCUT2D eigenvalue weighted by molar-refractivity contribution is 9.10. The summed E-state index contributed by atoms with van der Waals surface area (Å²) in [5, 5.41) is 10.8. The average molecular weight is 383 g/mol. The molecule has 84 valence electrons. The van der Waals surface area contributed by atoms with Gasteiger partial charge in [-0.2, -0.15) is 0 Å². The molecule has 1 atom stereocenters. The van der Waals surface area contributed by atoms with Gasteiger partial charge in [-0.25, -0.2) is 4.98 Å². The number of hydrogen-bond acceptors (Lipinski definition) is 3. The van der Waals surface area contributed by atoms with E-state index >= 15 is 0 Å². The number of halogens is 3. The number of thiazole rings is 1. The fraction of sp³-hybridized carbons (Fsp3) is 0.100. The van der Waals surface area contributed by atoms with Gasteiger partial charge in [0.05, 0.1) is 15.4 Å². The van der Waals surface area contributed by atoms with E-state index < -0.39 is 6.10 Å². The minimum atomic E-state index is -0.685. The van der Waals surface area contributed by atoms with Gasteiger partial charge >= 0.3 is 0 Å². The molecule has 0 spiro atoms. The lowest BCUT2D eigenvalue weighted by Crippen LogP contribution is -1.98. The number of aromatic nitrogens is 1. The van der Waals surface area contributed by atoms with Crippen molar-refractivity contribution in [2.24, 2.45) is 0 Å². The van der Waals surface area contributed by atoms with Crippen LogP contribution in [0.15, 0.2) is 32.8 Å². The quantitative estimate of drug-likeness (QED) is 0.834. The molecule has 1 N–H and O–H groups in total. The molecule has 0 aliphatic carbocycles. The van der Waals surface area contributed by atoms with E-state index in [9.17, 15) is 5.11 Å². The Morgan fingerprint density at radius 2 is 2.12 bits per heavy atom. The summed E-state index contributed by atoms with van der Waals surface area (Å²) in [4.78, 5) is 4.83. The molecule has 16 heavy (non-hydrogen) atoms. The molecule has 0 bridgehead atoms. The molecule has 0 saturated heterocycles. The van der Waals surface area contributed by atoms with Crippen molar-refractivity contribution in [2.45, 2.75) is 6.10 Å². The second-order valence-corrected chi connectivity index (χ2v) is 5.98. The summed E-state index contributed by atoms with van der Waals surface area (Å²) in [6.07, 6.45) is -0.685. The SMILES string of the molecule is OC(c1ccc(Cl)c(Br)c1)c1scnc1Br. The van der Waals surface area contributed by atoms with Crippen LogP contribution in [0.25, 0.3) is 0 Å². The van der Waals surface area contributed by atoms with Crippen LogP contribution in [-0.2, 0) is 0 Å². The minimum absolute atomic E-state index is 0.624. The number of nitrogens with zero attached hydrogens (tertiary/aromatic N) is 1. The van der Waals surface area contributed by atoms with Crippen LogP contribution in [0.2, 0.25) is 5.02 Å². The Morgan fingerprint density at radius 1 is 1.38 bits per heavy atom. The van der Waals surface area contributed by atoms with Crippen molar-refractivity contribution in [3.8, 4) is 0 Å². The van der Waals surface area contributed by atoms with Crippen molar-refractivity contribution in [1.29, 1.82) is 0 Å². The third-order valence-electron chi connectivity index (χ3n) is 2.06. The zero-order valence-corrected chi connectivity index (χ0v) is 12.6. The van der Waals surface area contributed by atoms with Crippen LogP contribution >= 0.6 is 54.8 Å². The highest BCUT2D eigenvalue weighted by atomic mass is 79.9. The van der Waals surface area contributed by atoms with E-state index in [4.69, 9.17) is 11.6 Å². The average Bonchev–Trinajstić information content (AvgIpc) is 2.67. The van der Waals surface area contributed by atoms with Gasteiger partial charge in [0.1, 0.15) is 10.7 Å². The monoisotopic (exact) mass is 381 g/mol. The van der Waals surface area contributed by atoms with Crippen LogP contribution in [0.1, 0.15) is 16.5 Å². The smallest absolute Gasteiger partial charge is 0.123 e. The van der Waals surface area contributed by atoms with Crippen LogP contribution in [0.4, 0.5) is 0 Å². The normalized spacial score (nSPS) is 12.8. The highest BCUT2D eigenvalue weighted by Gasteiger charge is 2.16. The molecule has 6 heteroatoms. The fourth-order valence-corrected chi connectivity index (χ4v) is 3.19. The van der Waals surface area contributed by atoms with E-state index in [1.165, 1.54) is 11.3 Å². The number of hydrogen-bond donors (Lipinski definition) is 1. The number of rotatable bonds is 2. The zero-order chi connectivity index (χ0) is 11.7. The maximum atomic E-state index is 10.2. The predicted molar refractivity (Wildman–Crippen MR) is 73.0 cm³/mol. The van der Waals surface area contributed by atoms with Crippen molar-refractivity contribution in [3.05, 3.63) is 48.2 Å². The second-order valence-electron chi connectivity index (χ2n) is 3.08. The van der Waals surface area contributed by atoms with Crippen molar-refractivity contribution in [1.82, 2.24) is 4.98 Å².